The van der Waals surface area contributed by atoms with Gasteiger partial charge in [0.15, 0.2) is 0 Å². The number of carbonyl (C=O) groups excluding carboxylic acids is 1. The lowest BCUT2D eigenvalue weighted by Gasteiger charge is -2.22. The van der Waals surface area contributed by atoms with Crippen molar-refractivity contribution in [2.24, 2.45) is 0 Å². The lowest BCUT2D eigenvalue weighted by molar-refractivity contribution is 0.0940. The van der Waals surface area contributed by atoms with Crippen molar-refractivity contribution in [2.75, 3.05) is 13.1 Å². The molecular weight excluding hydrogens is 428 g/mol. The third kappa shape index (κ3) is 2.93. The smallest absolute Gasteiger partial charge is 0.253 e. The quantitative estimate of drug-likeness (QED) is 0.518. The van der Waals surface area contributed by atoms with E-state index in [0.717, 1.165) is 76.3 Å². The first-order valence-electron chi connectivity index (χ1n) is 11.0. The van der Waals surface area contributed by atoms with Crippen LogP contribution >= 0.6 is 11.6 Å². The van der Waals surface area contributed by atoms with Crippen molar-refractivity contribution in [3.8, 4) is 23.0 Å². The first-order chi connectivity index (χ1) is 15.5. The Balaban J connectivity index is 1.46. The van der Waals surface area contributed by atoms with Crippen molar-refractivity contribution in [3.63, 3.8) is 0 Å². The third-order valence-corrected chi connectivity index (χ3v) is 6.90. The van der Waals surface area contributed by atoms with Crippen LogP contribution in [-0.4, -0.2) is 38.9 Å². The van der Waals surface area contributed by atoms with Gasteiger partial charge in [0.2, 0.25) is 17.0 Å². The van der Waals surface area contributed by atoms with Gasteiger partial charge in [-0.3, -0.25) is 4.79 Å². The zero-order valence-electron chi connectivity index (χ0n) is 17.9. The maximum Gasteiger partial charge on any atom is 0.253 e. The van der Waals surface area contributed by atoms with Crippen molar-refractivity contribution < 1.29 is 9.53 Å². The predicted octanol–water partition coefficient (Wildman–Crippen LogP) is 3.21. The molecule has 0 aromatic carbocycles. The van der Waals surface area contributed by atoms with E-state index in [2.05, 4.69) is 37.5 Å². The van der Waals surface area contributed by atoms with Crippen LogP contribution < -0.4 is 15.4 Å². The second kappa shape index (κ2) is 7.28. The summed E-state index contributed by atoms with van der Waals surface area (Å²) in [5.41, 5.74) is 8.89. The van der Waals surface area contributed by atoms with Crippen molar-refractivity contribution >= 4 is 17.5 Å². The molecule has 3 aromatic rings. The van der Waals surface area contributed by atoms with Crippen LogP contribution in [0, 0.1) is 6.92 Å². The molecule has 0 saturated heterocycles. The predicted molar refractivity (Wildman–Crippen MR) is 119 cm³/mol. The monoisotopic (exact) mass is 450 g/mol. The number of nitrogens with zero attached hydrogens (tertiary/aromatic N) is 3. The van der Waals surface area contributed by atoms with Gasteiger partial charge in [-0.25, -0.2) is 9.97 Å². The summed E-state index contributed by atoms with van der Waals surface area (Å²) in [5.74, 6) is 1.19. The van der Waals surface area contributed by atoms with Crippen LogP contribution in [0.25, 0.3) is 11.3 Å². The Morgan fingerprint density at radius 3 is 2.88 bits per heavy atom. The molecule has 6 rings (SSSR count). The molecule has 0 spiro atoms. The van der Waals surface area contributed by atoms with E-state index < -0.39 is 0 Å². The summed E-state index contributed by atoms with van der Waals surface area (Å²) in [7, 11) is 0. The van der Waals surface area contributed by atoms with Gasteiger partial charge in [0.05, 0.1) is 22.5 Å². The Bertz CT molecular complexity index is 1280. The molecular formula is C23H23ClN6O2. The Kier molecular flexibility index (Phi) is 4.48. The van der Waals surface area contributed by atoms with Crippen molar-refractivity contribution in [2.45, 2.75) is 45.6 Å². The fourth-order valence-corrected chi connectivity index (χ4v) is 5.27. The lowest BCUT2D eigenvalue weighted by atomic mass is 9.86. The van der Waals surface area contributed by atoms with Crippen LogP contribution in [0.3, 0.4) is 0 Å². The molecule has 5 heterocycles. The summed E-state index contributed by atoms with van der Waals surface area (Å²) in [4.78, 5) is 29.5. The average molecular weight is 451 g/mol. The van der Waals surface area contributed by atoms with Gasteiger partial charge in [0.1, 0.15) is 0 Å². The molecule has 3 aliphatic rings. The van der Waals surface area contributed by atoms with Gasteiger partial charge in [-0.05, 0) is 42.5 Å². The minimum atomic E-state index is 0.0111. The van der Waals surface area contributed by atoms with Crippen molar-refractivity contribution in [1.82, 2.24) is 30.6 Å². The highest BCUT2D eigenvalue weighted by molar-refractivity contribution is 6.28. The first kappa shape index (κ1) is 19.7. The molecule has 8 nitrogen and oxygen atoms in total. The lowest BCUT2D eigenvalue weighted by Crippen LogP contribution is -2.34. The standard InChI is InChI=1S/C23H23ClN6O2/c1-10-7-26-20(31)17-13-4-3-12-8-27-21(11(2)16(12)19(13)29-18(10)17)32-22-14-9-25-6-5-15(14)28-23(24)30-22/h8,10,25,29H,3-7,9H2,1-2H3,(H,26,31)/t10-/m1/s1. The van der Waals surface area contributed by atoms with E-state index in [1.807, 2.05) is 13.1 Å². The molecule has 164 valence electrons. The summed E-state index contributed by atoms with van der Waals surface area (Å²) in [5, 5.41) is 6.52. The molecule has 1 atom stereocenters. The zero-order chi connectivity index (χ0) is 22.0. The van der Waals surface area contributed by atoms with E-state index in [4.69, 9.17) is 16.3 Å². The van der Waals surface area contributed by atoms with Gasteiger partial charge in [-0.15, -0.1) is 0 Å². The molecule has 1 aliphatic carbocycles. The van der Waals surface area contributed by atoms with E-state index in [1.54, 1.807) is 0 Å². The number of aryl methyl sites for hydroxylation is 1. The fraction of sp³-hybridized carbons (Fsp3) is 0.391. The maximum atomic E-state index is 12.6. The number of nitrogens with one attached hydrogen (secondary N) is 3. The number of H-pyrrole nitrogens is 1. The number of fused-ring (bicyclic) bond motifs is 6. The Morgan fingerprint density at radius 2 is 2.00 bits per heavy atom. The van der Waals surface area contributed by atoms with Crippen LogP contribution in [0.2, 0.25) is 5.28 Å². The average Bonchev–Trinajstić information content (AvgIpc) is 3.19. The van der Waals surface area contributed by atoms with Crippen LogP contribution in [-0.2, 0) is 25.8 Å². The van der Waals surface area contributed by atoms with E-state index in [-0.39, 0.29) is 17.1 Å². The number of amides is 1. The molecule has 32 heavy (non-hydrogen) atoms. The minimum Gasteiger partial charge on any atom is -0.420 e. The van der Waals surface area contributed by atoms with Gasteiger partial charge in [0, 0.05) is 55.0 Å². The van der Waals surface area contributed by atoms with E-state index in [0.29, 0.717) is 24.8 Å². The van der Waals surface area contributed by atoms with Crippen LogP contribution in [0.5, 0.6) is 11.8 Å². The molecule has 1 amide bonds. The van der Waals surface area contributed by atoms with E-state index in [1.165, 1.54) is 0 Å². The maximum absolute atomic E-state index is 12.6. The van der Waals surface area contributed by atoms with Gasteiger partial charge in [-0.1, -0.05) is 6.92 Å². The van der Waals surface area contributed by atoms with E-state index >= 15 is 0 Å². The number of carbonyl (C=O) groups is 1. The Labute approximate surface area is 190 Å². The molecule has 0 bridgehead atoms. The van der Waals surface area contributed by atoms with Gasteiger partial charge in [0.25, 0.3) is 5.91 Å². The molecule has 0 radical (unpaired) electrons. The second-order valence-corrected chi connectivity index (χ2v) is 9.06. The van der Waals surface area contributed by atoms with Gasteiger partial charge < -0.3 is 20.4 Å². The minimum absolute atomic E-state index is 0.0111. The molecule has 0 unspecified atom stereocenters. The number of rotatable bonds is 2. The summed E-state index contributed by atoms with van der Waals surface area (Å²) in [6, 6.07) is 0. The summed E-state index contributed by atoms with van der Waals surface area (Å²) >= 11 is 6.17. The molecule has 3 aromatic heterocycles. The summed E-state index contributed by atoms with van der Waals surface area (Å²) in [6.07, 6.45) is 4.30. The largest absolute Gasteiger partial charge is 0.420 e. The van der Waals surface area contributed by atoms with Crippen molar-refractivity contribution in [3.05, 3.63) is 50.7 Å². The highest BCUT2D eigenvalue weighted by Crippen LogP contribution is 2.43. The molecule has 2 aliphatic heterocycles. The fourth-order valence-electron chi connectivity index (χ4n) is 5.09. The van der Waals surface area contributed by atoms with E-state index in [9.17, 15) is 4.79 Å². The normalized spacial score (nSPS) is 18.8. The van der Waals surface area contributed by atoms with Crippen LogP contribution in [0.4, 0.5) is 0 Å². The van der Waals surface area contributed by atoms with Gasteiger partial charge >= 0.3 is 0 Å². The number of aromatic nitrogens is 4. The number of hydrogen-bond donors (Lipinski definition) is 3. The van der Waals surface area contributed by atoms with Crippen LogP contribution in [0.1, 0.15) is 56.8 Å². The molecule has 3 N–H and O–H groups in total. The highest BCUT2D eigenvalue weighted by Gasteiger charge is 2.34. The van der Waals surface area contributed by atoms with Gasteiger partial charge in [-0.2, -0.15) is 4.98 Å². The van der Waals surface area contributed by atoms with Crippen LogP contribution in [0.15, 0.2) is 6.20 Å². The second-order valence-electron chi connectivity index (χ2n) is 8.72. The molecule has 9 heteroatoms. The number of pyridine rings is 1. The topological polar surface area (TPSA) is 105 Å². The van der Waals surface area contributed by atoms with Crippen molar-refractivity contribution in [1.29, 1.82) is 0 Å². The zero-order valence-corrected chi connectivity index (χ0v) is 18.7. The summed E-state index contributed by atoms with van der Waals surface area (Å²) in [6.45, 7) is 6.27. The number of aromatic amines is 1. The SMILES string of the molecule is Cc1c(Oc2nc(Cl)nc3c2CNCC3)ncc2c1-c1[nH]c3c(c1CC2)C(=O)NC[C@H]3C. The Hall–Kier alpha value is -2.97. The third-order valence-electron chi connectivity index (χ3n) is 6.73. The number of ether oxygens (including phenoxy) is 1. The Morgan fingerprint density at radius 1 is 1.12 bits per heavy atom. The molecule has 0 saturated carbocycles. The number of halogens is 1. The molecule has 0 fully saturated rings. The highest BCUT2D eigenvalue weighted by atomic mass is 35.5. The summed E-state index contributed by atoms with van der Waals surface area (Å²) < 4.78 is 6.23. The first-order valence-corrected chi connectivity index (χ1v) is 11.3. The number of hydrogen-bond acceptors (Lipinski definition) is 6.